The van der Waals surface area contributed by atoms with Crippen molar-refractivity contribution >= 4 is 23.4 Å². The van der Waals surface area contributed by atoms with Crippen LogP contribution < -0.4 is 0 Å². The minimum absolute atomic E-state index is 0.536. The maximum Gasteiger partial charge on any atom is 0.136 e. The Kier molecular flexibility index (Phi) is 5.22. The van der Waals surface area contributed by atoms with Crippen molar-refractivity contribution in [2.45, 2.75) is 18.4 Å². The van der Waals surface area contributed by atoms with Gasteiger partial charge in [0.2, 0.25) is 0 Å². The summed E-state index contributed by atoms with van der Waals surface area (Å²) in [4.78, 5) is 8.06. The van der Waals surface area contributed by atoms with Crippen LogP contribution in [-0.2, 0) is 4.74 Å². The largest absolute Gasteiger partial charge is 0.385 e. The molecule has 0 N–H and O–H groups in total. The first-order valence-corrected chi connectivity index (χ1v) is 5.71. The first-order chi connectivity index (χ1) is 6.75. The quantitative estimate of drug-likeness (QED) is 0.444. The molecular formula is C9H13ClN2OS. The molecule has 1 rings (SSSR count). The molecule has 1 aromatic rings. The van der Waals surface area contributed by atoms with E-state index in [0.717, 1.165) is 29.4 Å². The van der Waals surface area contributed by atoms with Gasteiger partial charge in [0.25, 0.3) is 0 Å². The molecule has 0 amide bonds. The van der Waals surface area contributed by atoms with Crippen LogP contribution in [0.15, 0.2) is 11.4 Å². The van der Waals surface area contributed by atoms with Gasteiger partial charge in [-0.1, -0.05) is 11.6 Å². The SMILES string of the molecule is COCCCSc1ncnc(Cl)c1C. The molecule has 0 saturated carbocycles. The van der Waals surface area contributed by atoms with Gasteiger partial charge in [0.15, 0.2) is 0 Å². The summed E-state index contributed by atoms with van der Waals surface area (Å²) in [6, 6.07) is 0. The highest BCUT2D eigenvalue weighted by Crippen LogP contribution is 2.23. The molecule has 14 heavy (non-hydrogen) atoms. The maximum absolute atomic E-state index is 5.86. The Morgan fingerprint density at radius 3 is 3.00 bits per heavy atom. The van der Waals surface area contributed by atoms with E-state index >= 15 is 0 Å². The molecule has 0 saturated heterocycles. The Morgan fingerprint density at radius 2 is 2.29 bits per heavy atom. The number of hydrogen-bond acceptors (Lipinski definition) is 4. The van der Waals surface area contributed by atoms with Crippen LogP contribution in [0, 0.1) is 6.92 Å². The molecule has 0 aromatic carbocycles. The van der Waals surface area contributed by atoms with E-state index in [9.17, 15) is 0 Å². The number of hydrogen-bond donors (Lipinski definition) is 0. The summed E-state index contributed by atoms with van der Waals surface area (Å²) in [5.41, 5.74) is 0.955. The highest BCUT2D eigenvalue weighted by molar-refractivity contribution is 7.99. The van der Waals surface area contributed by atoms with Gasteiger partial charge < -0.3 is 4.74 Å². The van der Waals surface area contributed by atoms with Crippen molar-refractivity contribution in [1.29, 1.82) is 0 Å². The molecule has 5 heteroatoms. The summed E-state index contributed by atoms with van der Waals surface area (Å²) in [7, 11) is 1.71. The van der Waals surface area contributed by atoms with Crippen molar-refractivity contribution < 1.29 is 4.74 Å². The molecule has 0 radical (unpaired) electrons. The van der Waals surface area contributed by atoms with Crippen LogP contribution >= 0.6 is 23.4 Å². The predicted octanol–water partition coefficient (Wildman–Crippen LogP) is 2.57. The van der Waals surface area contributed by atoms with Gasteiger partial charge in [0.1, 0.15) is 16.5 Å². The minimum atomic E-state index is 0.536. The Morgan fingerprint density at radius 1 is 1.50 bits per heavy atom. The molecule has 1 aromatic heterocycles. The van der Waals surface area contributed by atoms with E-state index in [1.54, 1.807) is 18.9 Å². The average molecular weight is 233 g/mol. The second-order valence-corrected chi connectivity index (χ2v) is 4.23. The van der Waals surface area contributed by atoms with Crippen LogP contribution in [0.5, 0.6) is 0 Å². The summed E-state index contributed by atoms with van der Waals surface area (Å²) in [5, 5.41) is 1.50. The normalized spacial score (nSPS) is 10.5. The fourth-order valence-electron chi connectivity index (χ4n) is 0.932. The fraction of sp³-hybridized carbons (Fsp3) is 0.556. The second kappa shape index (κ2) is 6.22. The summed E-state index contributed by atoms with van der Waals surface area (Å²) < 4.78 is 4.96. The summed E-state index contributed by atoms with van der Waals surface area (Å²) in [6.07, 6.45) is 2.51. The fourth-order valence-corrected chi connectivity index (χ4v) is 2.01. The van der Waals surface area contributed by atoms with Crippen molar-refractivity contribution in [1.82, 2.24) is 9.97 Å². The van der Waals surface area contributed by atoms with E-state index in [0.29, 0.717) is 5.15 Å². The summed E-state index contributed by atoms with van der Waals surface area (Å²) in [6.45, 7) is 2.71. The number of halogens is 1. The predicted molar refractivity (Wildman–Crippen MR) is 59.0 cm³/mol. The van der Waals surface area contributed by atoms with E-state index in [-0.39, 0.29) is 0 Å². The van der Waals surface area contributed by atoms with E-state index in [1.807, 2.05) is 6.92 Å². The van der Waals surface area contributed by atoms with Crippen molar-refractivity contribution in [3.8, 4) is 0 Å². The zero-order valence-corrected chi connectivity index (χ0v) is 9.86. The molecule has 0 atom stereocenters. The van der Waals surface area contributed by atoms with E-state index in [4.69, 9.17) is 16.3 Å². The second-order valence-electron chi connectivity index (χ2n) is 2.79. The average Bonchev–Trinajstić information content (AvgIpc) is 2.19. The van der Waals surface area contributed by atoms with Gasteiger partial charge in [-0.2, -0.15) is 0 Å². The van der Waals surface area contributed by atoms with Gasteiger partial charge in [-0.25, -0.2) is 9.97 Å². The lowest BCUT2D eigenvalue weighted by Crippen LogP contribution is -1.94. The minimum Gasteiger partial charge on any atom is -0.385 e. The number of thioether (sulfide) groups is 1. The Hall–Kier alpha value is -0.320. The number of aromatic nitrogens is 2. The maximum atomic E-state index is 5.86. The highest BCUT2D eigenvalue weighted by atomic mass is 35.5. The van der Waals surface area contributed by atoms with Gasteiger partial charge in [-0.3, -0.25) is 0 Å². The molecule has 0 bridgehead atoms. The van der Waals surface area contributed by atoms with Crippen molar-refractivity contribution in [2.75, 3.05) is 19.5 Å². The standard InChI is InChI=1S/C9H13ClN2OS/c1-7-8(10)11-6-12-9(7)14-5-3-4-13-2/h6H,3-5H2,1-2H3. The molecule has 0 aliphatic carbocycles. The smallest absolute Gasteiger partial charge is 0.136 e. The summed E-state index contributed by atoms with van der Waals surface area (Å²) >= 11 is 7.55. The third-order valence-electron chi connectivity index (χ3n) is 1.71. The van der Waals surface area contributed by atoms with Crippen LogP contribution in [0.3, 0.4) is 0 Å². The van der Waals surface area contributed by atoms with Crippen LogP contribution in [0.4, 0.5) is 0 Å². The van der Waals surface area contributed by atoms with E-state index in [2.05, 4.69) is 9.97 Å². The highest BCUT2D eigenvalue weighted by Gasteiger charge is 2.04. The van der Waals surface area contributed by atoms with Gasteiger partial charge in [0, 0.05) is 25.0 Å². The van der Waals surface area contributed by atoms with Crippen molar-refractivity contribution in [2.24, 2.45) is 0 Å². The molecule has 0 fully saturated rings. The van der Waals surface area contributed by atoms with Crippen LogP contribution in [0.2, 0.25) is 5.15 Å². The van der Waals surface area contributed by atoms with Gasteiger partial charge >= 0.3 is 0 Å². The first kappa shape index (κ1) is 11.8. The molecule has 0 aliphatic rings. The van der Waals surface area contributed by atoms with E-state index in [1.165, 1.54) is 6.33 Å². The third kappa shape index (κ3) is 3.44. The number of nitrogens with zero attached hydrogens (tertiary/aromatic N) is 2. The zero-order valence-electron chi connectivity index (χ0n) is 8.29. The van der Waals surface area contributed by atoms with Crippen LogP contribution in [0.1, 0.15) is 12.0 Å². The van der Waals surface area contributed by atoms with Crippen LogP contribution in [0.25, 0.3) is 0 Å². The van der Waals surface area contributed by atoms with Crippen LogP contribution in [-0.4, -0.2) is 29.4 Å². The number of methoxy groups -OCH3 is 1. The molecule has 0 spiro atoms. The lowest BCUT2D eigenvalue weighted by Gasteiger charge is -2.04. The van der Waals surface area contributed by atoms with E-state index < -0.39 is 0 Å². The van der Waals surface area contributed by atoms with Gasteiger partial charge in [-0.05, 0) is 13.3 Å². The molecule has 1 heterocycles. The summed E-state index contributed by atoms with van der Waals surface area (Å²) in [5.74, 6) is 0.988. The Labute approximate surface area is 93.2 Å². The Balaban J connectivity index is 2.46. The molecule has 0 unspecified atom stereocenters. The molecule has 78 valence electrons. The van der Waals surface area contributed by atoms with Gasteiger partial charge in [0.05, 0.1) is 0 Å². The first-order valence-electron chi connectivity index (χ1n) is 4.34. The van der Waals surface area contributed by atoms with Crippen molar-refractivity contribution in [3.63, 3.8) is 0 Å². The monoisotopic (exact) mass is 232 g/mol. The molecular weight excluding hydrogens is 220 g/mol. The topological polar surface area (TPSA) is 35.0 Å². The lowest BCUT2D eigenvalue weighted by atomic mass is 10.4. The third-order valence-corrected chi connectivity index (χ3v) is 3.27. The Bertz CT molecular complexity index is 296. The molecule has 3 nitrogen and oxygen atoms in total. The number of ether oxygens (including phenoxy) is 1. The molecule has 0 aliphatic heterocycles. The zero-order chi connectivity index (χ0) is 10.4. The number of rotatable bonds is 5. The lowest BCUT2D eigenvalue weighted by molar-refractivity contribution is 0.200. The van der Waals surface area contributed by atoms with Gasteiger partial charge in [-0.15, -0.1) is 11.8 Å². The van der Waals surface area contributed by atoms with Crippen molar-refractivity contribution in [3.05, 3.63) is 17.0 Å².